The molecule has 0 bridgehead atoms. The van der Waals surface area contributed by atoms with Gasteiger partial charge in [-0.1, -0.05) is 30.1 Å². The molecule has 0 aliphatic heterocycles. The summed E-state index contributed by atoms with van der Waals surface area (Å²) in [7, 11) is 1.53. The number of aliphatic hydroxyl groups excluding tert-OH is 1. The maximum atomic E-state index is 10.5. The number of rotatable bonds is 4. The molecule has 2 nitrogen and oxygen atoms in total. The molecule has 0 spiro atoms. The van der Waals surface area contributed by atoms with Gasteiger partial charge in [-0.3, -0.25) is 0 Å². The molecule has 0 radical (unpaired) electrons. The molecule has 0 aliphatic rings. The van der Waals surface area contributed by atoms with Crippen LogP contribution in [0.3, 0.4) is 0 Å². The van der Waals surface area contributed by atoms with Crippen molar-refractivity contribution in [3.63, 3.8) is 0 Å². The van der Waals surface area contributed by atoms with Crippen molar-refractivity contribution >= 4 is 34.5 Å². The van der Waals surface area contributed by atoms with E-state index in [9.17, 15) is 5.11 Å². The molecule has 1 atom stereocenters. The van der Waals surface area contributed by atoms with E-state index in [0.29, 0.717) is 21.4 Å². The van der Waals surface area contributed by atoms with Gasteiger partial charge < -0.3 is 9.84 Å². The summed E-state index contributed by atoms with van der Waals surface area (Å²) < 4.78 is 5.10. The van der Waals surface area contributed by atoms with Crippen LogP contribution in [0, 0.1) is 0 Å². The molecule has 0 saturated heterocycles. The van der Waals surface area contributed by atoms with E-state index in [1.807, 2.05) is 11.4 Å². The van der Waals surface area contributed by atoms with E-state index in [0.717, 1.165) is 16.9 Å². The standard InChI is InChI=1S/C14H14Cl2O2S/c1-3-8-4-5-19-14(8)13(17)9-6-11(16)12(18-2)7-10(9)15/h4-7,13,17H,3H2,1-2H3. The average molecular weight is 317 g/mol. The number of benzene rings is 1. The van der Waals surface area contributed by atoms with Crippen molar-refractivity contribution in [1.82, 2.24) is 0 Å². The molecule has 1 heterocycles. The summed E-state index contributed by atoms with van der Waals surface area (Å²) in [4.78, 5) is 0.908. The van der Waals surface area contributed by atoms with Gasteiger partial charge in [0, 0.05) is 16.5 Å². The molecule has 0 saturated carbocycles. The first-order chi connectivity index (χ1) is 9.08. The highest BCUT2D eigenvalue weighted by molar-refractivity contribution is 7.10. The highest BCUT2D eigenvalue weighted by atomic mass is 35.5. The van der Waals surface area contributed by atoms with Gasteiger partial charge in [-0.05, 0) is 29.5 Å². The third-order valence-electron chi connectivity index (χ3n) is 2.98. The molecule has 0 aliphatic carbocycles. The molecule has 1 unspecified atom stereocenters. The lowest BCUT2D eigenvalue weighted by Crippen LogP contribution is -2.01. The van der Waals surface area contributed by atoms with Gasteiger partial charge in [0.1, 0.15) is 11.9 Å². The molecular weight excluding hydrogens is 303 g/mol. The van der Waals surface area contributed by atoms with Crippen LogP contribution in [0.2, 0.25) is 10.0 Å². The van der Waals surface area contributed by atoms with E-state index in [2.05, 4.69) is 6.92 Å². The summed E-state index contributed by atoms with van der Waals surface area (Å²) in [5.74, 6) is 0.504. The van der Waals surface area contributed by atoms with Crippen LogP contribution in [0.4, 0.5) is 0 Å². The lowest BCUT2D eigenvalue weighted by Gasteiger charge is -2.15. The number of halogens is 2. The van der Waals surface area contributed by atoms with E-state index in [4.69, 9.17) is 27.9 Å². The minimum Gasteiger partial charge on any atom is -0.495 e. The van der Waals surface area contributed by atoms with Crippen molar-refractivity contribution in [2.75, 3.05) is 7.11 Å². The Kier molecular flexibility index (Phi) is 4.74. The second-order valence-corrected chi connectivity index (χ2v) is 5.84. The normalized spacial score (nSPS) is 12.5. The van der Waals surface area contributed by atoms with Gasteiger partial charge in [0.15, 0.2) is 0 Å². The van der Waals surface area contributed by atoms with Crippen molar-refractivity contribution in [2.24, 2.45) is 0 Å². The smallest absolute Gasteiger partial charge is 0.138 e. The lowest BCUT2D eigenvalue weighted by molar-refractivity contribution is 0.223. The van der Waals surface area contributed by atoms with E-state index in [-0.39, 0.29) is 0 Å². The summed E-state index contributed by atoms with van der Waals surface area (Å²) in [6, 6.07) is 5.30. The Morgan fingerprint density at radius 1 is 1.32 bits per heavy atom. The van der Waals surface area contributed by atoms with Crippen LogP contribution in [-0.2, 0) is 6.42 Å². The Labute approximate surface area is 126 Å². The van der Waals surface area contributed by atoms with Crippen molar-refractivity contribution in [2.45, 2.75) is 19.4 Å². The van der Waals surface area contributed by atoms with E-state index < -0.39 is 6.10 Å². The Morgan fingerprint density at radius 3 is 2.68 bits per heavy atom. The van der Waals surface area contributed by atoms with Crippen LogP contribution in [-0.4, -0.2) is 12.2 Å². The Hall–Kier alpha value is -0.740. The van der Waals surface area contributed by atoms with E-state index in [1.165, 1.54) is 18.4 Å². The maximum absolute atomic E-state index is 10.5. The van der Waals surface area contributed by atoms with Crippen LogP contribution < -0.4 is 4.74 Å². The zero-order valence-corrected chi connectivity index (χ0v) is 12.9. The SMILES string of the molecule is CCc1ccsc1C(O)c1cc(Cl)c(OC)cc1Cl. The molecular formula is C14H14Cl2O2S. The fourth-order valence-electron chi connectivity index (χ4n) is 1.93. The monoisotopic (exact) mass is 316 g/mol. The zero-order valence-electron chi connectivity index (χ0n) is 10.6. The van der Waals surface area contributed by atoms with Gasteiger partial charge >= 0.3 is 0 Å². The Balaban J connectivity index is 2.44. The molecule has 0 fully saturated rings. The number of methoxy groups -OCH3 is 1. The van der Waals surface area contributed by atoms with Crippen molar-refractivity contribution in [1.29, 1.82) is 0 Å². The van der Waals surface area contributed by atoms with Gasteiger partial charge in [-0.2, -0.15) is 0 Å². The summed E-state index contributed by atoms with van der Waals surface area (Å²) in [5.41, 5.74) is 1.73. The second kappa shape index (κ2) is 6.14. The van der Waals surface area contributed by atoms with Gasteiger partial charge in [-0.15, -0.1) is 11.3 Å². The molecule has 0 amide bonds. The third kappa shape index (κ3) is 2.90. The molecule has 102 valence electrons. The van der Waals surface area contributed by atoms with Crippen LogP contribution in [0.15, 0.2) is 23.6 Å². The summed E-state index contributed by atoms with van der Waals surface area (Å²) in [6.45, 7) is 2.06. The molecule has 5 heteroatoms. The second-order valence-electron chi connectivity index (χ2n) is 4.07. The van der Waals surface area contributed by atoms with Gasteiger partial charge in [0.2, 0.25) is 0 Å². The molecule has 1 aromatic carbocycles. The van der Waals surface area contributed by atoms with Crippen LogP contribution in [0.5, 0.6) is 5.75 Å². The summed E-state index contributed by atoms with van der Waals surface area (Å²) in [6.07, 6.45) is 0.114. The predicted octanol–water partition coefficient (Wildman–Crippen LogP) is 4.71. The van der Waals surface area contributed by atoms with Crippen molar-refractivity contribution in [3.05, 3.63) is 49.6 Å². The number of ether oxygens (including phenoxy) is 1. The first kappa shape index (κ1) is 14.7. The molecule has 2 rings (SSSR count). The summed E-state index contributed by atoms with van der Waals surface area (Å²) >= 11 is 13.8. The van der Waals surface area contributed by atoms with E-state index in [1.54, 1.807) is 12.1 Å². The Morgan fingerprint density at radius 2 is 2.05 bits per heavy atom. The number of aryl methyl sites for hydroxylation is 1. The third-order valence-corrected chi connectivity index (χ3v) is 4.61. The largest absolute Gasteiger partial charge is 0.495 e. The number of hydrogen-bond donors (Lipinski definition) is 1. The fourth-order valence-corrected chi connectivity index (χ4v) is 3.44. The predicted molar refractivity (Wildman–Crippen MR) is 80.8 cm³/mol. The van der Waals surface area contributed by atoms with Crippen LogP contribution in [0.1, 0.15) is 29.0 Å². The average Bonchev–Trinajstić information content (AvgIpc) is 2.88. The fraction of sp³-hybridized carbons (Fsp3) is 0.286. The number of hydrogen-bond acceptors (Lipinski definition) is 3. The van der Waals surface area contributed by atoms with Crippen LogP contribution in [0.25, 0.3) is 0 Å². The topological polar surface area (TPSA) is 29.5 Å². The minimum absolute atomic E-state index is 0.440. The maximum Gasteiger partial charge on any atom is 0.138 e. The molecule has 19 heavy (non-hydrogen) atoms. The van der Waals surface area contributed by atoms with Crippen LogP contribution >= 0.6 is 34.5 Å². The first-order valence-electron chi connectivity index (χ1n) is 5.85. The van der Waals surface area contributed by atoms with Crippen molar-refractivity contribution < 1.29 is 9.84 Å². The Bertz CT molecular complexity index is 581. The highest BCUT2D eigenvalue weighted by Gasteiger charge is 2.20. The number of thiophene rings is 1. The minimum atomic E-state index is -0.758. The number of aliphatic hydroxyl groups is 1. The van der Waals surface area contributed by atoms with Crippen molar-refractivity contribution in [3.8, 4) is 5.75 Å². The van der Waals surface area contributed by atoms with E-state index >= 15 is 0 Å². The highest BCUT2D eigenvalue weighted by Crippen LogP contribution is 2.38. The van der Waals surface area contributed by atoms with Gasteiger partial charge in [-0.25, -0.2) is 0 Å². The molecule has 1 N–H and O–H groups in total. The summed E-state index contributed by atoms with van der Waals surface area (Å²) in [5, 5.41) is 13.3. The van der Waals surface area contributed by atoms with Gasteiger partial charge in [0.05, 0.1) is 17.2 Å². The molecule has 2 aromatic rings. The lowest BCUT2D eigenvalue weighted by atomic mass is 10.0. The first-order valence-corrected chi connectivity index (χ1v) is 7.49. The zero-order chi connectivity index (χ0) is 14.0. The molecule has 1 aromatic heterocycles. The quantitative estimate of drug-likeness (QED) is 0.885. The van der Waals surface area contributed by atoms with Gasteiger partial charge in [0.25, 0.3) is 0 Å².